The van der Waals surface area contributed by atoms with Gasteiger partial charge in [0.1, 0.15) is 17.0 Å². The molecule has 2 aromatic rings. The maximum absolute atomic E-state index is 9.96. The van der Waals surface area contributed by atoms with Crippen LogP contribution in [0.15, 0.2) is 18.2 Å². The quantitative estimate of drug-likeness (QED) is 0.774. The molecule has 0 aliphatic heterocycles. The Bertz CT molecular complexity index is 521. The van der Waals surface area contributed by atoms with Gasteiger partial charge in [0, 0.05) is 16.6 Å². The Morgan fingerprint density at radius 1 is 1.27 bits per heavy atom. The zero-order valence-corrected chi connectivity index (χ0v) is 9.03. The SMILES string of the molecule is COc1cccc2c(O)c(C)c(C)nc12. The Labute approximate surface area is 88.3 Å². The van der Waals surface area contributed by atoms with Crippen molar-refractivity contribution < 1.29 is 9.84 Å². The molecular formula is C12H13NO2. The summed E-state index contributed by atoms with van der Waals surface area (Å²) in [4.78, 5) is 4.42. The van der Waals surface area contributed by atoms with Crippen molar-refractivity contribution in [1.82, 2.24) is 4.98 Å². The normalized spacial score (nSPS) is 10.6. The second-order valence-electron chi connectivity index (χ2n) is 3.53. The molecule has 0 aliphatic carbocycles. The first kappa shape index (κ1) is 9.77. The number of aryl methyl sites for hydroxylation is 1. The average molecular weight is 203 g/mol. The minimum Gasteiger partial charge on any atom is -0.507 e. The van der Waals surface area contributed by atoms with Crippen LogP contribution >= 0.6 is 0 Å². The fourth-order valence-electron chi connectivity index (χ4n) is 1.62. The maximum atomic E-state index is 9.96. The van der Waals surface area contributed by atoms with Crippen molar-refractivity contribution in [2.75, 3.05) is 7.11 Å². The van der Waals surface area contributed by atoms with E-state index in [4.69, 9.17) is 4.74 Å². The molecule has 2 rings (SSSR count). The first-order valence-corrected chi connectivity index (χ1v) is 4.78. The van der Waals surface area contributed by atoms with Gasteiger partial charge in [-0.15, -0.1) is 0 Å². The number of aromatic hydroxyl groups is 1. The minimum atomic E-state index is 0.288. The van der Waals surface area contributed by atoms with Gasteiger partial charge in [-0.3, -0.25) is 0 Å². The van der Waals surface area contributed by atoms with Gasteiger partial charge in [-0.25, -0.2) is 4.98 Å². The first-order valence-electron chi connectivity index (χ1n) is 4.78. The third-order valence-corrected chi connectivity index (χ3v) is 2.65. The van der Waals surface area contributed by atoms with Gasteiger partial charge in [0.2, 0.25) is 0 Å². The number of rotatable bonds is 1. The summed E-state index contributed by atoms with van der Waals surface area (Å²) in [6.07, 6.45) is 0. The van der Waals surface area contributed by atoms with Gasteiger partial charge in [-0.2, -0.15) is 0 Å². The molecule has 0 bridgehead atoms. The fourth-order valence-corrected chi connectivity index (χ4v) is 1.62. The summed E-state index contributed by atoms with van der Waals surface area (Å²) in [6, 6.07) is 5.52. The molecular weight excluding hydrogens is 190 g/mol. The predicted molar refractivity (Wildman–Crippen MR) is 59.4 cm³/mol. The van der Waals surface area contributed by atoms with Crippen LogP contribution in [-0.4, -0.2) is 17.2 Å². The van der Waals surface area contributed by atoms with E-state index in [0.717, 1.165) is 16.6 Å². The Kier molecular flexibility index (Phi) is 2.23. The second kappa shape index (κ2) is 3.42. The number of aromatic nitrogens is 1. The zero-order valence-electron chi connectivity index (χ0n) is 9.03. The molecule has 0 saturated carbocycles. The van der Waals surface area contributed by atoms with Crippen molar-refractivity contribution in [3.05, 3.63) is 29.5 Å². The van der Waals surface area contributed by atoms with Crippen molar-refractivity contribution in [3.63, 3.8) is 0 Å². The Morgan fingerprint density at radius 3 is 2.67 bits per heavy atom. The lowest BCUT2D eigenvalue weighted by molar-refractivity contribution is 0.418. The van der Waals surface area contributed by atoms with E-state index in [9.17, 15) is 5.11 Å². The van der Waals surface area contributed by atoms with Gasteiger partial charge >= 0.3 is 0 Å². The zero-order chi connectivity index (χ0) is 11.0. The molecule has 1 aromatic heterocycles. The van der Waals surface area contributed by atoms with E-state index in [0.29, 0.717) is 11.3 Å². The molecule has 0 fully saturated rings. The van der Waals surface area contributed by atoms with Crippen molar-refractivity contribution in [3.8, 4) is 11.5 Å². The summed E-state index contributed by atoms with van der Waals surface area (Å²) < 4.78 is 5.20. The highest BCUT2D eigenvalue weighted by molar-refractivity contribution is 5.90. The highest BCUT2D eigenvalue weighted by Gasteiger charge is 2.10. The van der Waals surface area contributed by atoms with Crippen LogP contribution in [0.25, 0.3) is 10.9 Å². The number of nitrogens with zero attached hydrogens (tertiary/aromatic N) is 1. The monoisotopic (exact) mass is 203 g/mol. The lowest BCUT2D eigenvalue weighted by Gasteiger charge is -2.09. The molecule has 0 spiro atoms. The van der Waals surface area contributed by atoms with Crippen LogP contribution in [-0.2, 0) is 0 Å². The van der Waals surface area contributed by atoms with Crippen LogP contribution in [0.1, 0.15) is 11.3 Å². The van der Waals surface area contributed by atoms with Crippen LogP contribution < -0.4 is 4.74 Å². The number of pyridine rings is 1. The highest BCUT2D eigenvalue weighted by Crippen LogP contribution is 2.33. The minimum absolute atomic E-state index is 0.288. The predicted octanol–water partition coefficient (Wildman–Crippen LogP) is 2.57. The van der Waals surface area contributed by atoms with Gasteiger partial charge in [0.15, 0.2) is 0 Å². The second-order valence-corrected chi connectivity index (χ2v) is 3.53. The molecule has 0 radical (unpaired) electrons. The number of para-hydroxylation sites is 1. The fraction of sp³-hybridized carbons (Fsp3) is 0.250. The molecule has 1 N–H and O–H groups in total. The largest absolute Gasteiger partial charge is 0.507 e. The Morgan fingerprint density at radius 2 is 2.00 bits per heavy atom. The lowest BCUT2D eigenvalue weighted by Crippen LogP contribution is -1.93. The van der Waals surface area contributed by atoms with Gasteiger partial charge in [-0.1, -0.05) is 6.07 Å². The van der Waals surface area contributed by atoms with Crippen molar-refractivity contribution in [2.45, 2.75) is 13.8 Å². The molecule has 3 heteroatoms. The summed E-state index contributed by atoms with van der Waals surface area (Å²) in [5.41, 5.74) is 2.35. The van der Waals surface area contributed by atoms with Gasteiger partial charge < -0.3 is 9.84 Å². The van der Waals surface area contributed by atoms with Crippen LogP contribution in [0.4, 0.5) is 0 Å². The van der Waals surface area contributed by atoms with E-state index < -0.39 is 0 Å². The highest BCUT2D eigenvalue weighted by atomic mass is 16.5. The Balaban J connectivity index is 2.91. The topological polar surface area (TPSA) is 42.4 Å². The van der Waals surface area contributed by atoms with Gasteiger partial charge in [0.05, 0.1) is 7.11 Å². The van der Waals surface area contributed by atoms with E-state index in [1.54, 1.807) is 7.11 Å². The van der Waals surface area contributed by atoms with Crippen LogP contribution in [0, 0.1) is 13.8 Å². The van der Waals surface area contributed by atoms with Crippen molar-refractivity contribution in [2.24, 2.45) is 0 Å². The molecule has 1 aromatic carbocycles. The molecule has 0 amide bonds. The van der Waals surface area contributed by atoms with Crippen molar-refractivity contribution in [1.29, 1.82) is 0 Å². The molecule has 3 nitrogen and oxygen atoms in total. The third-order valence-electron chi connectivity index (χ3n) is 2.65. The standard InChI is InChI=1S/C12H13NO2/c1-7-8(2)13-11-9(12(7)14)5-4-6-10(11)15-3/h4-6H,1-3H3,(H,13,14). The molecule has 0 atom stereocenters. The van der Waals surface area contributed by atoms with Crippen LogP contribution in [0.5, 0.6) is 11.5 Å². The van der Waals surface area contributed by atoms with E-state index >= 15 is 0 Å². The molecule has 0 aliphatic rings. The number of fused-ring (bicyclic) bond motifs is 1. The summed E-state index contributed by atoms with van der Waals surface area (Å²) >= 11 is 0. The molecule has 1 heterocycles. The van der Waals surface area contributed by atoms with Crippen molar-refractivity contribution >= 4 is 10.9 Å². The number of ether oxygens (including phenoxy) is 1. The lowest BCUT2D eigenvalue weighted by atomic mass is 10.1. The van der Waals surface area contributed by atoms with E-state index in [-0.39, 0.29) is 5.75 Å². The third kappa shape index (κ3) is 1.40. The molecule has 15 heavy (non-hydrogen) atoms. The average Bonchev–Trinajstić information content (AvgIpc) is 2.25. The van der Waals surface area contributed by atoms with Crippen LogP contribution in [0.2, 0.25) is 0 Å². The summed E-state index contributed by atoms with van der Waals surface area (Å²) in [6.45, 7) is 3.73. The van der Waals surface area contributed by atoms with Gasteiger partial charge in [0.25, 0.3) is 0 Å². The summed E-state index contributed by atoms with van der Waals surface area (Å²) in [5, 5.41) is 10.7. The van der Waals surface area contributed by atoms with Gasteiger partial charge in [-0.05, 0) is 26.0 Å². The molecule has 78 valence electrons. The smallest absolute Gasteiger partial charge is 0.145 e. The maximum Gasteiger partial charge on any atom is 0.145 e. The Hall–Kier alpha value is -1.77. The van der Waals surface area contributed by atoms with E-state index in [2.05, 4.69) is 4.98 Å². The summed E-state index contributed by atoms with van der Waals surface area (Å²) in [5.74, 6) is 0.974. The molecule has 0 saturated heterocycles. The molecule has 0 unspecified atom stereocenters. The first-order chi connectivity index (χ1) is 7.15. The van der Waals surface area contributed by atoms with E-state index in [1.807, 2.05) is 32.0 Å². The number of hydrogen-bond acceptors (Lipinski definition) is 3. The number of hydrogen-bond donors (Lipinski definition) is 1. The number of methoxy groups -OCH3 is 1. The number of benzene rings is 1. The van der Waals surface area contributed by atoms with E-state index in [1.165, 1.54) is 0 Å². The summed E-state index contributed by atoms with van der Waals surface area (Å²) in [7, 11) is 1.60. The van der Waals surface area contributed by atoms with Crippen LogP contribution in [0.3, 0.4) is 0 Å².